The minimum Gasteiger partial charge on any atom is -0.316 e. The van der Waals surface area contributed by atoms with Crippen LogP contribution in [0.4, 0.5) is 4.39 Å². The molecular formula is C14H18FN. The summed E-state index contributed by atoms with van der Waals surface area (Å²) in [5.41, 5.74) is 1.84. The Balaban J connectivity index is 1.89. The van der Waals surface area contributed by atoms with Crippen LogP contribution in [0.1, 0.15) is 37.2 Å². The molecule has 1 spiro atoms. The SMILES string of the molecule is Fc1ccc(C2CNCCC23CCC3)cc1. The van der Waals surface area contributed by atoms with Crippen LogP contribution in [0.15, 0.2) is 24.3 Å². The third kappa shape index (κ3) is 1.56. The number of nitrogens with one attached hydrogen (secondary N) is 1. The van der Waals surface area contributed by atoms with E-state index in [9.17, 15) is 4.39 Å². The van der Waals surface area contributed by atoms with Gasteiger partial charge in [-0.1, -0.05) is 18.6 Å². The molecule has 86 valence electrons. The first-order chi connectivity index (χ1) is 7.80. The highest BCUT2D eigenvalue weighted by Gasteiger charge is 2.45. The van der Waals surface area contributed by atoms with Crippen LogP contribution < -0.4 is 5.32 Å². The van der Waals surface area contributed by atoms with E-state index in [-0.39, 0.29) is 5.82 Å². The predicted octanol–water partition coefficient (Wildman–Crippen LogP) is 3.07. The first-order valence-electron chi connectivity index (χ1n) is 6.26. The molecule has 2 fully saturated rings. The summed E-state index contributed by atoms with van der Waals surface area (Å²) in [6.45, 7) is 2.21. The lowest BCUT2D eigenvalue weighted by Crippen LogP contribution is -2.47. The standard InChI is InChI=1S/C14H18FN/c15-12-4-2-11(3-5-12)13-10-16-9-8-14(13)6-1-7-14/h2-5,13,16H,1,6-10H2. The Morgan fingerprint density at radius 2 is 1.88 bits per heavy atom. The number of halogens is 1. The van der Waals surface area contributed by atoms with E-state index in [1.807, 2.05) is 12.1 Å². The average Bonchev–Trinajstić information content (AvgIpc) is 2.28. The molecule has 1 aromatic carbocycles. The van der Waals surface area contributed by atoms with Crippen LogP contribution in [0.25, 0.3) is 0 Å². The molecule has 0 bridgehead atoms. The lowest BCUT2D eigenvalue weighted by Gasteiger charge is -2.51. The number of rotatable bonds is 1. The Hall–Kier alpha value is -0.890. The van der Waals surface area contributed by atoms with Gasteiger partial charge in [-0.25, -0.2) is 4.39 Å². The molecule has 3 rings (SSSR count). The van der Waals surface area contributed by atoms with Gasteiger partial charge >= 0.3 is 0 Å². The molecule has 1 nitrogen and oxygen atoms in total. The summed E-state index contributed by atoms with van der Waals surface area (Å²) in [5, 5.41) is 3.48. The van der Waals surface area contributed by atoms with E-state index in [0.717, 1.165) is 13.1 Å². The Morgan fingerprint density at radius 1 is 1.12 bits per heavy atom. The average molecular weight is 219 g/mol. The maximum absolute atomic E-state index is 12.9. The highest BCUT2D eigenvalue weighted by atomic mass is 19.1. The fourth-order valence-electron chi connectivity index (χ4n) is 3.37. The lowest BCUT2D eigenvalue weighted by molar-refractivity contribution is 0.0580. The van der Waals surface area contributed by atoms with Gasteiger partial charge in [0.15, 0.2) is 0 Å². The number of hydrogen-bond acceptors (Lipinski definition) is 1. The van der Waals surface area contributed by atoms with Crippen molar-refractivity contribution in [1.82, 2.24) is 5.32 Å². The topological polar surface area (TPSA) is 12.0 Å². The smallest absolute Gasteiger partial charge is 0.123 e. The van der Waals surface area contributed by atoms with Crippen LogP contribution in [0.2, 0.25) is 0 Å². The van der Waals surface area contributed by atoms with Gasteiger partial charge in [-0.3, -0.25) is 0 Å². The first kappa shape index (κ1) is 10.3. The zero-order valence-electron chi connectivity index (χ0n) is 9.51. The van der Waals surface area contributed by atoms with E-state index in [4.69, 9.17) is 0 Å². The minimum absolute atomic E-state index is 0.129. The van der Waals surface area contributed by atoms with Crippen molar-refractivity contribution in [2.24, 2.45) is 5.41 Å². The fourth-order valence-corrected chi connectivity index (χ4v) is 3.37. The van der Waals surface area contributed by atoms with Crippen LogP contribution >= 0.6 is 0 Å². The van der Waals surface area contributed by atoms with E-state index >= 15 is 0 Å². The van der Waals surface area contributed by atoms with Gasteiger partial charge in [0.1, 0.15) is 5.82 Å². The second-order valence-corrected chi connectivity index (χ2v) is 5.27. The van der Waals surface area contributed by atoms with Crippen molar-refractivity contribution < 1.29 is 4.39 Å². The Bertz CT molecular complexity index is 367. The second-order valence-electron chi connectivity index (χ2n) is 5.27. The van der Waals surface area contributed by atoms with Gasteiger partial charge in [-0.2, -0.15) is 0 Å². The summed E-state index contributed by atoms with van der Waals surface area (Å²) in [6.07, 6.45) is 5.38. The molecule has 1 N–H and O–H groups in total. The van der Waals surface area contributed by atoms with Crippen LogP contribution in [-0.4, -0.2) is 13.1 Å². The normalized spacial score (nSPS) is 27.7. The molecule has 1 saturated carbocycles. The Kier molecular flexibility index (Phi) is 2.47. The molecular weight excluding hydrogens is 201 g/mol. The summed E-state index contributed by atoms with van der Waals surface area (Å²) >= 11 is 0. The van der Waals surface area contributed by atoms with Gasteiger partial charge < -0.3 is 5.32 Å². The van der Waals surface area contributed by atoms with Crippen LogP contribution in [-0.2, 0) is 0 Å². The van der Waals surface area contributed by atoms with Gasteiger partial charge in [0.25, 0.3) is 0 Å². The van der Waals surface area contributed by atoms with Gasteiger partial charge in [0.2, 0.25) is 0 Å². The van der Waals surface area contributed by atoms with Crippen LogP contribution in [0.5, 0.6) is 0 Å². The van der Waals surface area contributed by atoms with Crippen molar-refractivity contribution in [3.63, 3.8) is 0 Å². The highest BCUT2D eigenvalue weighted by Crippen LogP contribution is 2.54. The zero-order valence-corrected chi connectivity index (χ0v) is 9.51. The van der Waals surface area contributed by atoms with E-state index < -0.39 is 0 Å². The quantitative estimate of drug-likeness (QED) is 0.765. The Labute approximate surface area is 96.1 Å². The summed E-state index contributed by atoms with van der Waals surface area (Å²) in [5.74, 6) is 0.464. The number of benzene rings is 1. The molecule has 16 heavy (non-hydrogen) atoms. The monoisotopic (exact) mass is 219 g/mol. The molecule has 1 heterocycles. The molecule has 0 aromatic heterocycles. The van der Waals surface area contributed by atoms with E-state index in [2.05, 4.69) is 5.32 Å². The summed E-state index contributed by atoms with van der Waals surface area (Å²) < 4.78 is 12.9. The molecule has 1 saturated heterocycles. The van der Waals surface area contributed by atoms with Gasteiger partial charge in [0, 0.05) is 12.5 Å². The van der Waals surface area contributed by atoms with Crippen molar-refractivity contribution in [2.75, 3.05) is 13.1 Å². The third-order valence-corrected chi connectivity index (χ3v) is 4.51. The summed E-state index contributed by atoms with van der Waals surface area (Å²) in [6, 6.07) is 7.12. The molecule has 1 unspecified atom stereocenters. The maximum atomic E-state index is 12.9. The maximum Gasteiger partial charge on any atom is 0.123 e. The van der Waals surface area contributed by atoms with Crippen molar-refractivity contribution in [2.45, 2.75) is 31.6 Å². The first-order valence-corrected chi connectivity index (χ1v) is 6.26. The lowest BCUT2D eigenvalue weighted by atomic mass is 9.56. The van der Waals surface area contributed by atoms with Crippen molar-refractivity contribution in [1.29, 1.82) is 0 Å². The summed E-state index contributed by atoms with van der Waals surface area (Å²) in [7, 11) is 0. The number of hydrogen-bond donors (Lipinski definition) is 1. The van der Waals surface area contributed by atoms with Gasteiger partial charge in [-0.15, -0.1) is 0 Å². The molecule has 1 aromatic rings. The largest absolute Gasteiger partial charge is 0.316 e. The number of piperidine rings is 1. The molecule has 1 atom stereocenters. The van der Waals surface area contributed by atoms with Gasteiger partial charge in [-0.05, 0) is 48.9 Å². The molecule has 2 aliphatic rings. The van der Waals surface area contributed by atoms with Crippen molar-refractivity contribution in [3.05, 3.63) is 35.6 Å². The molecule has 1 aliphatic carbocycles. The van der Waals surface area contributed by atoms with Crippen LogP contribution in [0.3, 0.4) is 0 Å². The minimum atomic E-state index is -0.129. The highest BCUT2D eigenvalue weighted by molar-refractivity contribution is 5.25. The summed E-state index contributed by atoms with van der Waals surface area (Å²) in [4.78, 5) is 0. The fraction of sp³-hybridized carbons (Fsp3) is 0.571. The van der Waals surface area contributed by atoms with Gasteiger partial charge in [0.05, 0.1) is 0 Å². The van der Waals surface area contributed by atoms with Crippen molar-refractivity contribution in [3.8, 4) is 0 Å². The second kappa shape index (κ2) is 3.85. The molecule has 2 heteroatoms. The zero-order chi connectivity index (χ0) is 11.0. The molecule has 0 amide bonds. The molecule has 0 radical (unpaired) electrons. The predicted molar refractivity (Wildman–Crippen MR) is 62.9 cm³/mol. The van der Waals surface area contributed by atoms with E-state index in [1.54, 1.807) is 12.1 Å². The van der Waals surface area contributed by atoms with E-state index in [0.29, 0.717) is 11.3 Å². The molecule has 1 aliphatic heterocycles. The van der Waals surface area contributed by atoms with Crippen molar-refractivity contribution >= 4 is 0 Å². The third-order valence-electron chi connectivity index (χ3n) is 4.51. The van der Waals surface area contributed by atoms with Crippen LogP contribution in [0, 0.1) is 11.2 Å². The van der Waals surface area contributed by atoms with E-state index in [1.165, 1.54) is 31.2 Å². The Morgan fingerprint density at radius 3 is 2.50 bits per heavy atom.